The molecule has 1 N–H and O–H groups in total. The lowest BCUT2D eigenvalue weighted by Crippen LogP contribution is -2.22. The number of hydrogen-bond acceptors (Lipinski definition) is 2. The number of benzene rings is 1. The Morgan fingerprint density at radius 2 is 2.27 bits per heavy atom. The molecule has 0 spiro atoms. The Labute approximate surface area is 95.8 Å². The number of rotatable bonds is 5. The fraction of sp³-hybridized carbons (Fsp3) is 0.333. The van der Waals surface area contributed by atoms with Gasteiger partial charge in [-0.2, -0.15) is 0 Å². The fourth-order valence-electron chi connectivity index (χ4n) is 1.43. The van der Waals surface area contributed by atoms with Gasteiger partial charge in [0.25, 0.3) is 0 Å². The molecule has 0 aliphatic rings. The van der Waals surface area contributed by atoms with E-state index in [1.54, 1.807) is 0 Å². The Hall–Kier alpha value is -0.990. The smallest absolute Gasteiger partial charge is 0.0696 e. The Kier molecular flexibility index (Phi) is 4.66. The molecule has 0 unspecified atom stereocenters. The molecule has 0 atom stereocenters. The lowest BCUT2D eigenvalue weighted by atomic mass is 10.2. The summed E-state index contributed by atoms with van der Waals surface area (Å²) in [5.74, 6) is 0. The van der Waals surface area contributed by atoms with Gasteiger partial charge in [0, 0.05) is 23.8 Å². The number of halogens is 1. The molecule has 1 rings (SSSR count). The van der Waals surface area contributed by atoms with Crippen molar-refractivity contribution in [1.82, 2.24) is 0 Å². The average molecular weight is 226 g/mol. The summed E-state index contributed by atoms with van der Waals surface area (Å²) in [6.07, 6.45) is 1.86. The van der Waals surface area contributed by atoms with Gasteiger partial charge in [-0.25, -0.2) is 0 Å². The highest BCUT2D eigenvalue weighted by atomic mass is 35.5. The van der Waals surface area contributed by atoms with Gasteiger partial charge >= 0.3 is 0 Å². The van der Waals surface area contributed by atoms with E-state index in [1.165, 1.54) is 0 Å². The number of hydrogen-bond donors (Lipinski definition) is 1. The van der Waals surface area contributed by atoms with Gasteiger partial charge < -0.3 is 10.0 Å². The van der Waals surface area contributed by atoms with Crippen molar-refractivity contribution in [3.8, 4) is 0 Å². The van der Waals surface area contributed by atoms with Crippen molar-refractivity contribution in [2.75, 3.05) is 18.0 Å². The van der Waals surface area contributed by atoms with Gasteiger partial charge in [0.2, 0.25) is 0 Å². The molecule has 0 bridgehead atoms. The van der Waals surface area contributed by atoms with Crippen LogP contribution in [0.25, 0.3) is 0 Å². The van der Waals surface area contributed by atoms with Crippen molar-refractivity contribution in [2.24, 2.45) is 0 Å². The highest BCUT2D eigenvalue weighted by Gasteiger charge is 2.05. The van der Waals surface area contributed by atoms with Crippen LogP contribution in [0.2, 0.25) is 5.02 Å². The summed E-state index contributed by atoms with van der Waals surface area (Å²) in [4.78, 5) is 2.15. The monoisotopic (exact) mass is 225 g/mol. The first-order valence-electron chi connectivity index (χ1n) is 4.98. The van der Waals surface area contributed by atoms with Crippen molar-refractivity contribution in [3.05, 3.63) is 41.4 Å². The number of aliphatic hydroxyl groups is 1. The van der Waals surface area contributed by atoms with Crippen molar-refractivity contribution < 1.29 is 5.11 Å². The average Bonchev–Trinajstić information content (AvgIpc) is 2.25. The Balaban J connectivity index is 2.94. The molecule has 0 aromatic heterocycles. The van der Waals surface area contributed by atoms with Crippen molar-refractivity contribution in [3.63, 3.8) is 0 Å². The topological polar surface area (TPSA) is 23.5 Å². The standard InChI is InChI=1S/C12H16ClNO/c1-3-7-14(4-2)11-6-5-10(9-15)12(13)8-11/h3,5-6,8,15H,1,4,7,9H2,2H3. The molecule has 1 aromatic carbocycles. The van der Waals surface area contributed by atoms with Gasteiger partial charge in [-0.15, -0.1) is 6.58 Å². The summed E-state index contributed by atoms with van der Waals surface area (Å²) in [5, 5.41) is 9.60. The molecule has 15 heavy (non-hydrogen) atoms. The SMILES string of the molecule is C=CCN(CC)c1ccc(CO)c(Cl)c1. The van der Waals surface area contributed by atoms with Crippen LogP contribution in [0.1, 0.15) is 12.5 Å². The molecule has 0 fully saturated rings. The largest absolute Gasteiger partial charge is 0.392 e. The predicted octanol–water partition coefficient (Wildman–Crippen LogP) is 2.84. The molecule has 1 aromatic rings. The molecular weight excluding hydrogens is 210 g/mol. The van der Waals surface area contributed by atoms with Crippen LogP contribution >= 0.6 is 11.6 Å². The second kappa shape index (κ2) is 5.79. The van der Waals surface area contributed by atoms with E-state index in [2.05, 4.69) is 18.4 Å². The molecular formula is C12H16ClNO. The third-order valence-corrected chi connectivity index (χ3v) is 2.66. The normalized spacial score (nSPS) is 10.1. The second-order valence-corrected chi connectivity index (χ2v) is 3.67. The summed E-state index contributed by atoms with van der Waals surface area (Å²) in [6.45, 7) is 7.48. The summed E-state index contributed by atoms with van der Waals surface area (Å²) in [7, 11) is 0. The van der Waals surface area contributed by atoms with Gasteiger partial charge in [0.05, 0.1) is 6.61 Å². The lowest BCUT2D eigenvalue weighted by Gasteiger charge is -2.21. The highest BCUT2D eigenvalue weighted by Crippen LogP contribution is 2.23. The maximum Gasteiger partial charge on any atom is 0.0696 e. The van der Waals surface area contributed by atoms with Crippen LogP contribution in [0.3, 0.4) is 0 Å². The second-order valence-electron chi connectivity index (χ2n) is 3.26. The fourth-order valence-corrected chi connectivity index (χ4v) is 1.67. The Morgan fingerprint density at radius 1 is 1.53 bits per heavy atom. The molecule has 0 radical (unpaired) electrons. The first kappa shape index (κ1) is 12.1. The first-order valence-corrected chi connectivity index (χ1v) is 5.35. The number of anilines is 1. The maximum atomic E-state index is 8.99. The van der Waals surface area contributed by atoms with Crippen LogP contribution in [-0.2, 0) is 6.61 Å². The maximum absolute atomic E-state index is 8.99. The van der Waals surface area contributed by atoms with Gasteiger partial charge in [0.15, 0.2) is 0 Å². The molecule has 0 amide bonds. The van der Waals surface area contributed by atoms with Gasteiger partial charge in [-0.3, -0.25) is 0 Å². The quantitative estimate of drug-likeness (QED) is 0.779. The minimum atomic E-state index is -0.0211. The summed E-state index contributed by atoms with van der Waals surface area (Å²) in [5.41, 5.74) is 1.81. The van der Waals surface area contributed by atoms with Crippen LogP contribution < -0.4 is 4.90 Å². The molecule has 0 aliphatic carbocycles. The Morgan fingerprint density at radius 3 is 2.73 bits per heavy atom. The van der Waals surface area contributed by atoms with Crippen LogP contribution in [0.5, 0.6) is 0 Å². The number of likely N-dealkylation sites (N-methyl/N-ethyl adjacent to an activating group) is 1. The van der Waals surface area contributed by atoms with E-state index in [-0.39, 0.29) is 6.61 Å². The van der Waals surface area contributed by atoms with Gasteiger partial charge in [0.1, 0.15) is 0 Å². The van der Waals surface area contributed by atoms with Crippen molar-refractivity contribution in [1.29, 1.82) is 0 Å². The van der Waals surface area contributed by atoms with E-state index >= 15 is 0 Å². The first-order chi connectivity index (χ1) is 7.22. The van der Waals surface area contributed by atoms with E-state index in [9.17, 15) is 0 Å². The van der Waals surface area contributed by atoms with E-state index in [4.69, 9.17) is 16.7 Å². The molecule has 82 valence electrons. The van der Waals surface area contributed by atoms with Crippen LogP contribution in [-0.4, -0.2) is 18.2 Å². The molecule has 3 heteroatoms. The molecule has 0 heterocycles. The van der Waals surface area contributed by atoms with E-state index in [1.807, 2.05) is 24.3 Å². The van der Waals surface area contributed by atoms with Crippen molar-refractivity contribution >= 4 is 17.3 Å². The highest BCUT2D eigenvalue weighted by molar-refractivity contribution is 6.31. The van der Waals surface area contributed by atoms with Gasteiger partial charge in [-0.05, 0) is 24.6 Å². The van der Waals surface area contributed by atoms with E-state index < -0.39 is 0 Å². The van der Waals surface area contributed by atoms with Crippen LogP contribution in [0.4, 0.5) is 5.69 Å². The number of aliphatic hydroxyl groups excluding tert-OH is 1. The zero-order valence-corrected chi connectivity index (χ0v) is 9.67. The zero-order chi connectivity index (χ0) is 11.3. The van der Waals surface area contributed by atoms with E-state index in [0.717, 1.165) is 24.3 Å². The molecule has 0 saturated heterocycles. The molecule has 0 aliphatic heterocycles. The summed E-state index contributed by atoms with van der Waals surface area (Å²) >= 11 is 6.02. The number of nitrogens with zero attached hydrogens (tertiary/aromatic N) is 1. The summed E-state index contributed by atoms with van der Waals surface area (Å²) in [6, 6.07) is 5.69. The Bertz CT molecular complexity index is 338. The van der Waals surface area contributed by atoms with E-state index in [0.29, 0.717) is 5.02 Å². The van der Waals surface area contributed by atoms with Crippen LogP contribution in [0.15, 0.2) is 30.9 Å². The van der Waals surface area contributed by atoms with Gasteiger partial charge in [-0.1, -0.05) is 23.7 Å². The third-order valence-electron chi connectivity index (χ3n) is 2.30. The third kappa shape index (κ3) is 2.98. The minimum Gasteiger partial charge on any atom is -0.392 e. The zero-order valence-electron chi connectivity index (χ0n) is 8.91. The minimum absolute atomic E-state index is 0.0211. The van der Waals surface area contributed by atoms with Crippen LogP contribution in [0, 0.1) is 0 Å². The molecule has 0 saturated carbocycles. The molecule has 2 nitrogen and oxygen atoms in total. The summed E-state index contributed by atoms with van der Waals surface area (Å²) < 4.78 is 0. The predicted molar refractivity (Wildman–Crippen MR) is 65.5 cm³/mol. The van der Waals surface area contributed by atoms with Crippen molar-refractivity contribution in [2.45, 2.75) is 13.5 Å². The lowest BCUT2D eigenvalue weighted by molar-refractivity contribution is 0.282.